The van der Waals surface area contributed by atoms with E-state index in [0.29, 0.717) is 36.8 Å². The Balaban J connectivity index is 1.49. The lowest BCUT2D eigenvalue weighted by Crippen LogP contribution is -2.17. The topological polar surface area (TPSA) is 76.2 Å². The number of ether oxygens (including phenoxy) is 2. The summed E-state index contributed by atoms with van der Waals surface area (Å²) in [7, 11) is 0. The van der Waals surface area contributed by atoms with Crippen molar-refractivity contribution in [2.24, 2.45) is 0 Å². The van der Waals surface area contributed by atoms with Crippen LogP contribution in [0.15, 0.2) is 59.5 Å². The largest absolute Gasteiger partial charge is 0.486 e. The van der Waals surface area contributed by atoms with Crippen molar-refractivity contribution in [2.75, 3.05) is 18.5 Å². The number of benzene rings is 2. The van der Waals surface area contributed by atoms with E-state index in [2.05, 4.69) is 15.3 Å². The van der Waals surface area contributed by atoms with E-state index in [9.17, 15) is 4.79 Å². The Morgan fingerprint density at radius 2 is 1.89 bits per heavy atom. The summed E-state index contributed by atoms with van der Waals surface area (Å²) in [4.78, 5) is 19.8. The highest BCUT2D eigenvalue weighted by molar-refractivity contribution is 5.91. The standard InChI is InChI=1S/C21H17N3O3/c25-21-14(12-23-17-5-1-4-16-15(17)3-2-6-22-16)9-13-10-19-20(11-18(13)24-21)27-8-7-26-19/h1-6,9-11,23H,7-8,12H2,(H,24,25). The number of aromatic nitrogens is 2. The highest BCUT2D eigenvalue weighted by atomic mass is 16.6. The van der Waals surface area contributed by atoms with Crippen molar-refractivity contribution in [3.63, 3.8) is 0 Å². The lowest BCUT2D eigenvalue weighted by atomic mass is 10.1. The predicted octanol–water partition coefficient (Wildman–Crippen LogP) is 3.46. The van der Waals surface area contributed by atoms with Crippen LogP contribution in [0.3, 0.4) is 0 Å². The van der Waals surface area contributed by atoms with Gasteiger partial charge in [0.15, 0.2) is 11.5 Å². The maximum atomic E-state index is 12.5. The van der Waals surface area contributed by atoms with Crippen molar-refractivity contribution in [2.45, 2.75) is 6.54 Å². The fourth-order valence-corrected chi connectivity index (χ4v) is 3.37. The Hall–Kier alpha value is -3.54. The van der Waals surface area contributed by atoms with E-state index < -0.39 is 0 Å². The monoisotopic (exact) mass is 359 g/mol. The summed E-state index contributed by atoms with van der Waals surface area (Å²) >= 11 is 0. The number of H-pyrrole nitrogens is 1. The number of hydrogen-bond donors (Lipinski definition) is 2. The summed E-state index contributed by atoms with van der Waals surface area (Å²) in [6, 6.07) is 15.4. The molecule has 0 atom stereocenters. The molecular weight excluding hydrogens is 342 g/mol. The lowest BCUT2D eigenvalue weighted by Gasteiger charge is -2.19. The van der Waals surface area contributed by atoms with E-state index in [1.165, 1.54) is 0 Å². The summed E-state index contributed by atoms with van der Waals surface area (Å²) in [6.07, 6.45) is 1.77. The molecule has 0 radical (unpaired) electrons. The van der Waals surface area contributed by atoms with Gasteiger partial charge in [0, 0.05) is 40.8 Å². The van der Waals surface area contributed by atoms with Crippen LogP contribution in [0.1, 0.15) is 5.56 Å². The van der Waals surface area contributed by atoms with Crippen LogP contribution in [0.4, 0.5) is 5.69 Å². The maximum absolute atomic E-state index is 12.5. The number of rotatable bonds is 3. The minimum absolute atomic E-state index is 0.120. The molecule has 0 bridgehead atoms. The van der Waals surface area contributed by atoms with Gasteiger partial charge in [-0.3, -0.25) is 9.78 Å². The number of fused-ring (bicyclic) bond motifs is 3. The first-order valence-electron chi connectivity index (χ1n) is 8.81. The summed E-state index contributed by atoms with van der Waals surface area (Å²) in [5, 5.41) is 5.29. The van der Waals surface area contributed by atoms with Gasteiger partial charge in [0.05, 0.1) is 11.0 Å². The van der Waals surface area contributed by atoms with Gasteiger partial charge in [-0.25, -0.2) is 0 Å². The van der Waals surface area contributed by atoms with Gasteiger partial charge in [-0.05, 0) is 36.4 Å². The van der Waals surface area contributed by atoms with Gasteiger partial charge in [0.25, 0.3) is 5.56 Å². The van der Waals surface area contributed by atoms with E-state index in [4.69, 9.17) is 9.47 Å². The molecule has 0 fully saturated rings. The average Bonchev–Trinajstić information content (AvgIpc) is 2.71. The molecule has 0 unspecified atom stereocenters. The normalized spacial score (nSPS) is 13.0. The molecule has 6 heteroatoms. The maximum Gasteiger partial charge on any atom is 0.253 e. The number of nitrogens with zero attached hydrogens (tertiary/aromatic N) is 1. The number of hydrogen-bond acceptors (Lipinski definition) is 5. The number of pyridine rings is 2. The van der Waals surface area contributed by atoms with E-state index in [-0.39, 0.29) is 5.56 Å². The summed E-state index contributed by atoms with van der Waals surface area (Å²) in [5.74, 6) is 1.37. The molecule has 0 saturated carbocycles. The molecule has 6 nitrogen and oxygen atoms in total. The Morgan fingerprint density at radius 3 is 2.78 bits per heavy atom. The number of nitrogens with one attached hydrogen (secondary N) is 2. The van der Waals surface area contributed by atoms with E-state index in [0.717, 1.165) is 27.5 Å². The third-order valence-corrected chi connectivity index (χ3v) is 4.70. The molecule has 134 valence electrons. The molecule has 0 spiro atoms. The zero-order valence-corrected chi connectivity index (χ0v) is 14.5. The van der Waals surface area contributed by atoms with Gasteiger partial charge in [0.1, 0.15) is 13.2 Å². The number of anilines is 1. The summed E-state index contributed by atoms with van der Waals surface area (Å²) in [6.45, 7) is 1.46. The van der Waals surface area contributed by atoms with Gasteiger partial charge in [0.2, 0.25) is 0 Å². The lowest BCUT2D eigenvalue weighted by molar-refractivity contribution is 0.172. The average molecular weight is 359 g/mol. The Bertz CT molecular complexity index is 1210. The van der Waals surface area contributed by atoms with Crippen LogP contribution >= 0.6 is 0 Å². The zero-order chi connectivity index (χ0) is 18.2. The molecule has 0 amide bonds. The van der Waals surface area contributed by atoms with Crippen LogP contribution < -0.4 is 20.3 Å². The molecule has 27 heavy (non-hydrogen) atoms. The highest BCUT2D eigenvalue weighted by Gasteiger charge is 2.14. The molecule has 2 aromatic carbocycles. The van der Waals surface area contributed by atoms with E-state index >= 15 is 0 Å². The Morgan fingerprint density at radius 1 is 1.04 bits per heavy atom. The third kappa shape index (κ3) is 2.85. The van der Waals surface area contributed by atoms with Crippen LogP contribution in [0.2, 0.25) is 0 Å². The predicted molar refractivity (Wildman–Crippen MR) is 105 cm³/mol. The van der Waals surface area contributed by atoms with Crippen molar-refractivity contribution in [1.82, 2.24) is 9.97 Å². The van der Waals surface area contributed by atoms with Crippen LogP contribution in [0.25, 0.3) is 21.8 Å². The van der Waals surface area contributed by atoms with E-state index in [1.54, 1.807) is 6.20 Å². The number of aromatic amines is 1. The van der Waals surface area contributed by atoms with Gasteiger partial charge < -0.3 is 19.8 Å². The molecule has 4 aromatic rings. The quantitative estimate of drug-likeness (QED) is 0.586. The molecule has 3 heterocycles. The SMILES string of the molecule is O=c1[nH]c2cc3c(cc2cc1CNc1cccc2ncccc12)OCCO3. The first-order chi connectivity index (χ1) is 13.3. The molecule has 5 rings (SSSR count). The molecule has 0 aliphatic carbocycles. The second-order valence-electron chi connectivity index (χ2n) is 6.44. The molecule has 2 aromatic heterocycles. The second-order valence-corrected chi connectivity index (χ2v) is 6.44. The van der Waals surface area contributed by atoms with Crippen LogP contribution in [0.5, 0.6) is 11.5 Å². The van der Waals surface area contributed by atoms with Crippen molar-refractivity contribution >= 4 is 27.5 Å². The van der Waals surface area contributed by atoms with Gasteiger partial charge in [-0.2, -0.15) is 0 Å². The zero-order valence-electron chi connectivity index (χ0n) is 14.5. The highest BCUT2D eigenvalue weighted by Crippen LogP contribution is 2.33. The van der Waals surface area contributed by atoms with E-state index in [1.807, 2.05) is 48.5 Å². The van der Waals surface area contributed by atoms with Crippen molar-refractivity contribution in [3.05, 3.63) is 70.6 Å². The Kier molecular flexibility index (Phi) is 3.67. The van der Waals surface area contributed by atoms with Gasteiger partial charge in [-0.1, -0.05) is 6.07 Å². The molecule has 2 N–H and O–H groups in total. The second kappa shape index (κ2) is 6.32. The first kappa shape index (κ1) is 15.7. The van der Waals surface area contributed by atoms with Gasteiger partial charge in [-0.15, -0.1) is 0 Å². The van der Waals surface area contributed by atoms with Crippen molar-refractivity contribution in [1.29, 1.82) is 0 Å². The first-order valence-corrected chi connectivity index (χ1v) is 8.81. The summed E-state index contributed by atoms with van der Waals surface area (Å²) in [5.41, 5.74) is 3.13. The minimum atomic E-state index is -0.120. The molecular formula is C21H17N3O3. The molecule has 1 aliphatic rings. The van der Waals surface area contributed by atoms with Crippen molar-refractivity contribution in [3.8, 4) is 11.5 Å². The van der Waals surface area contributed by atoms with Crippen LogP contribution in [0, 0.1) is 0 Å². The molecule has 1 aliphatic heterocycles. The fraction of sp³-hybridized carbons (Fsp3) is 0.143. The van der Waals surface area contributed by atoms with Crippen LogP contribution in [-0.4, -0.2) is 23.2 Å². The fourth-order valence-electron chi connectivity index (χ4n) is 3.37. The van der Waals surface area contributed by atoms with Gasteiger partial charge >= 0.3 is 0 Å². The minimum Gasteiger partial charge on any atom is -0.486 e. The summed E-state index contributed by atoms with van der Waals surface area (Å²) < 4.78 is 11.2. The smallest absolute Gasteiger partial charge is 0.253 e. The van der Waals surface area contributed by atoms with Crippen LogP contribution in [-0.2, 0) is 6.54 Å². The van der Waals surface area contributed by atoms with Crippen molar-refractivity contribution < 1.29 is 9.47 Å². The Labute approximate surface area is 154 Å². The third-order valence-electron chi connectivity index (χ3n) is 4.70. The molecule has 0 saturated heterocycles.